The van der Waals surface area contributed by atoms with Gasteiger partial charge in [0.25, 0.3) is 5.91 Å². The van der Waals surface area contributed by atoms with Crippen molar-refractivity contribution >= 4 is 11.6 Å². The largest absolute Gasteiger partial charge is 0.383 e. The monoisotopic (exact) mass is 287 g/mol. The molecule has 2 rings (SSSR count). The average Bonchev–Trinajstić information content (AvgIpc) is 2.91. The first-order valence-corrected chi connectivity index (χ1v) is 7.15. The number of anilines is 1. The van der Waals surface area contributed by atoms with E-state index in [0.29, 0.717) is 12.1 Å². The molecule has 2 aromatic rings. The zero-order valence-electron chi connectivity index (χ0n) is 12.5. The Bertz CT molecular complexity index is 593. The lowest BCUT2D eigenvalue weighted by Crippen LogP contribution is -2.27. The zero-order chi connectivity index (χ0) is 15.1. The molecule has 1 amide bonds. The van der Waals surface area contributed by atoms with Gasteiger partial charge in [-0.3, -0.25) is 14.5 Å². The number of carbonyl (C=O) groups is 1. The average molecular weight is 287 g/mol. The molecule has 21 heavy (non-hydrogen) atoms. The van der Waals surface area contributed by atoms with E-state index in [2.05, 4.69) is 27.6 Å². The summed E-state index contributed by atoms with van der Waals surface area (Å²) in [5.41, 5.74) is 2.50. The lowest BCUT2D eigenvalue weighted by Gasteiger charge is -2.11. The molecule has 0 aliphatic carbocycles. The van der Waals surface area contributed by atoms with Gasteiger partial charge in [-0.15, -0.1) is 0 Å². The molecule has 0 saturated carbocycles. The lowest BCUT2D eigenvalue weighted by molar-refractivity contribution is 0.0954. The van der Waals surface area contributed by atoms with Crippen LogP contribution in [0.5, 0.6) is 0 Å². The van der Waals surface area contributed by atoms with E-state index in [0.717, 1.165) is 30.8 Å². The molecule has 0 aromatic carbocycles. The molecule has 0 radical (unpaired) electrons. The molecule has 112 valence electrons. The zero-order valence-corrected chi connectivity index (χ0v) is 12.5. The van der Waals surface area contributed by atoms with E-state index in [1.54, 1.807) is 24.7 Å². The van der Waals surface area contributed by atoms with Gasteiger partial charge in [-0.2, -0.15) is 5.10 Å². The van der Waals surface area contributed by atoms with Gasteiger partial charge in [-0.1, -0.05) is 6.92 Å². The van der Waals surface area contributed by atoms with E-state index in [1.807, 2.05) is 17.8 Å². The number of hydrogen-bond donors (Lipinski definition) is 2. The third kappa shape index (κ3) is 4.05. The van der Waals surface area contributed by atoms with Crippen molar-refractivity contribution < 1.29 is 4.79 Å². The molecule has 0 atom stereocenters. The Morgan fingerprint density at radius 2 is 2.14 bits per heavy atom. The van der Waals surface area contributed by atoms with Crippen molar-refractivity contribution in [3.63, 3.8) is 0 Å². The van der Waals surface area contributed by atoms with Gasteiger partial charge in [0, 0.05) is 44.6 Å². The molecule has 0 unspecified atom stereocenters. The second-order valence-electron chi connectivity index (χ2n) is 4.80. The van der Waals surface area contributed by atoms with Gasteiger partial charge in [0.2, 0.25) is 0 Å². The van der Waals surface area contributed by atoms with Crippen LogP contribution in [0.2, 0.25) is 0 Å². The fraction of sp³-hybridized carbons (Fsp3) is 0.400. The SMILES string of the molecule is CCCNc1cnccc1C(=O)NCCc1ccnn1C. The highest BCUT2D eigenvalue weighted by atomic mass is 16.1. The Hall–Kier alpha value is -2.37. The van der Waals surface area contributed by atoms with Gasteiger partial charge in [-0.25, -0.2) is 0 Å². The van der Waals surface area contributed by atoms with Crippen LogP contribution in [0.3, 0.4) is 0 Å². The van der Waals surface area contributed by atoms with E-state index in [1.165, 1.54) is 0 Å². The van der Waals surface area contributed by atoms with Crippen LogP contribution in [0.15, 0.2) is 30.7 Å². The fourth-order valence-corrected chi connectivity index (χ4v) is 2.04. The Morgan fingerprint density at radius 3 is 2.86 bits per heavy atom. The summed E-state index contributed by atoms with van der Waals surface area (Å²) in [6, 6.07) is 3.68. The van der Waals surface area contributed by atoms with Gasteiger partial charge in [0.1, 0.15) is 0 Å². The molecule has 0 aliphatic rings. The third-order valence-corrected chi connectivity index (χ3v) is 3.22. The number of hydrogen-bond acceptors (Lipinski definition) is 4. The maximum Gasteiger partial charge on any atom is 0.253 e. The minimum Gasteiger partial charge on any atom is -0.383 e. The molecule has 6 heteroatoms. The van der Waals surface area contributed by atoms with Crippen molar-refractivity contribution in [3.8, 4) is 0 Å². The Balaban J connectivity index is 1.92. The van der Waals surface area contributed by atoms with Crippen LogP contribution >= 0.6 is 0 Å². The molecule has 0 bridgehead atoms. The summed E-state index contributed by atoms with van der Waals surface area (Å²) < 4.78 is 1.81. The third-order valence-electron chi connectivity index (χ3n) is 3.22. The Labute approximate surface area is 124 Å². The molecule has 0 saturated heterocycles. The van der Waals surface area contributed by atoms with Crippen molar-refractivity contribution in [3.05, 3.63) is 42.0 Å². The van der Waals surface area contributed by atoms with Gasteiger partial charge in [0.15, 0.2) is 0 Å². The topological polar surface area (TPSA) is 71.8 Å². The molecule has 2 N–H and O–H groups in total. The van der Waals surface area contributed by atoms with Crippen molar-refractivity contribution in [2.75, 3.05) is 18.4 Å². The van der Waals surface area contributed by atoms with E-state index in [-0.39, 0.29) is 5.91 Å². The highest BCUT2D eigenvalue weighted by molar-refractivity contribution is 5.99. The van der Waals surface area contributed by atoms with Crippen LogP contribution in [0.25, 0.3) is 0 Å². The normalized spacial score (nSPS) is 10.4. The van der Waals surface area contributed by atoms with Gasteiger partial charge in [0.05, 0.1) is 17.4 Å². The Morgan fingerprint density at radius 1 is 1.29 bits per heavy atom. The van der Waals surface area contributed by atoms with Crippen LogP contribution in [0.4, 0.5) is 5.69 Å². The summed E-state index contributed by atoms with van der Waals surface area (Å²) >= 11 is 0. The van der Waals surface area contributed by atoms with Crippen LogP contribution in [-0.2, 0) is 13.5 Å². The van der Waals surface area contributed by atoms with Gasteiger partial charge in [-0.05, 0) is 18.6 Å². The second-order valence-corrected chi connectivity index (χ2v) is 4.80. The van der Waals surface area contributed by atoms with Crippen molar-refractivity contribution in [1.29, 1.82) is 0 Å². The van der Waals surface area contributed by atoms with E-state index >= 15 is 0 Å². The summed E-state index contributed by atoms with van der Waals surface area (Å²) in [4.78, 5) is 16.3. The summed E-state index contributed by atoms with van der Waals surface area (Å²) in [6.07, 6.45) is 6.83. The van der Waals surface area contributed by atoms with E-state index in [9.17, 15) is 4.79 Å². The smallest absolute Gasteiger partial charge is 0.253 e. The number of rotatable bonds is 7. The predicted molar refractivity (Wildman–Crippen MR) is 82.3 cm³/mol. The predicted octanol–water partition coefficient (Wildman–Crippen LogP) is 1.61. The second kappa shape index (κ2) is 7.42. The van der Waals surface area contributed by atoms with Crippen LogP contribution in [0, 0.1) is 0 Å². The van der Waals surface area contributed by atoms with Gasteiger partial charge >= 0.3 is 0 Å². The first-order chi connectivity index (χ1) is 10.2. The highest BCUT2D eigenvalue weighted by Gasteiger charge is 2.10. The van der Waals surface area contributed by atoms with Crippen LogP contribution < -0.4 is 10.6 Å². The van der Waals surface area contributed by atoms with Crippen molar-refractivity contribution in [1.82, 2.24) is 20.1 Å². The van der Waals surface area contributed by atoms with Crippen LogP contribution in [0.1, 0.15) is 29.4 Å². The molecule has 2 heterocycles. The summed E-state index contributed by atoms with van der Waals surface area (Å²) in [5.74, 6) is -0.0850. The quantitative estimate of drug-likeness (QED) is 0.811. The summed E-state index contributed by atoms with van der Waals surface area (Å²) in [5, 5.41) is 10.3. The molecular formula is C15H21N5O. The number of pyridine rings is 1. The maximum atomic E-state index is 12.2. The number of nitrogens with zero attached hydrogens (tertiary/aromatic N) is 3. The van der Waals surface area contributed by atoms with E-state index in [4.69, 9.17) is 0 Å². The fourth-order valence-electron chi connectivity index (χ4n) is 2.04. The first kappa shape index (κ1) is 15.0. The van der Waals surface area contributed by atoms with Crippen molar-refractivity contribution in [2.45, 2.75) is 19.8 Å². The Kier molecular flexibility index (Phi) is 5.31. The van der Waals surface area contributed by atoms with Gasteiger partial charge < -0.3 is 10.6 Å². The number of nitrogens with one attached hydrogen (secondary N) is 2. The molecule has 6 nitrogen and oxygen atoms in total. The number of aromatic nitrogens is 3. The molecule has 2 aromatic heterocycles. The molecule has 0 spiro atoms. The lowest BCUT2D eigenvalue weighted by atomic mass is 10.2. The molecule has 0 aliphatic heterocycles. The number of aryl methyl sites for hydroxylation is 1. The standard InChI is InChI=1S/C15H21N5O/c1-3-7-17-14-11-16-8-6-13(14)15(21)18-9-4-12-5-10-19-20(12)2/h5-6,8,10-11,17H,3-4,7,9H2,1-2H3,(H,18,21). The maximum absolute atomic E-state index is 12.2. The van der Waals surface area contributed by atoms with Crippen molar-refractivity contribution in [2.24, 2.45) is 7.05 Å². The number of carbonyl (C=O) groups excluding carboxylic acids is 1. The highest BCUT2D eigenvalue weighted by Crippen LogP contribution is 2.13. The molecule has 0 fully saturated rings. The molecular weight excluding hydrogens is 266 g/mol. The first-order valence-electron chi connectivity index (χ1n) is 7.15. The van der Waals surface area contributed by atoms with E-state index < -0.39 is 0 Å². The minimum atomic E-state index is -0.0850. The summed E-state index contributed by atoms with van der Waals surface area (Å²) in [6.45, 7) is 3.48. The van der Waals surface area contributed by atoms with Crippen LogP contribution in [-0.4, -0.2) is 33.8 Å². The summed E-state index contributed by atoms with van der Waals surface area (Å²) in [7, 11) is 1.90. The number of amides is 1. The minimum absolute atomic E-state index is 0.0850.